The second-order valence-corrected chi connectivity index (χ2v) is 6.51. The molecule has 0 fully saturated rings. The zero-order chi connectivity index (χ0) is 22.6. The number of esters is 1. The van der Waals surface area contributed by atoms with Crippen molar-refractivity contribution in [3.05, 3.63) is 84.3 Å². The van der Waals surface area contributed by atoms with Gasteiger partial charge >= 0.3 is 12.0 Å². The first-order valence-electron chi connectivity index (χ1n) is 9.74. The summed E-state index contributed by atoms with van der Waals surface area (Å²) in [6.45, 7) is -0.434. The third kappa shape index (κ3) is 7.86. The lowest BCUT2D eigenvalue weighted by atomic mass is 10.2. The summed E-state index contributed by atoms with van der Waals surface area (Å²) < 4.78 is 20.8. The van der Waals surface area contributed by atoms with Crippen LogP contribution in [-0.2, 0) is 27.5 Å². The number of nitrogens with one attached hydrogen (secondary N) is 2. The molecule has 166 valence electrons. The average Bonchev–Trinajstić information content (AvgIpc) is 3.34. The quantitative estimate of drug-likeness (QED) is 0.468. The van der Waals surface area contributed by atoms with Crippen molar-refractivity contribution in [2.45, 2.75) is 13.2 Å². The molecule has 1 heterocycles. The molecule has 0 saturated heterocycles. The second-order valence-electron chi connectivity index (χ2n) is 6.51. The van der Waals surface area contributed by atoms with E-state index in [1.54, 1.807) is 36.4 Å². The van der Waals surface area contributed by atoms with E-state index in [1.165, 1.54) is 6.26 Å². The molecule has 9 nitrogen and oxygen atoms in total. The van der Waals surface area contributed by atoms with Gasteiger partial charge in [0.1, 0.15) is 23.9 Å². The minimum atomic E-state index is -0.768. The predicted molar refractivity (Wildman–Crippen MR) is 113 cm³/mol. The van der Waals surface area contributed by atoms with Crippen LogP contribution in [-0.4, -0.2) is 31.1 Å². The fourth-order valence-corrected chi connectivity index (χ4v) is 2.49. The Morgan fingerprint density at radius 3 is 2.22 bits per heavy atom. The summed E-state index contributed by atoms with van der Waals surface area (Å²) >= 11 is 0. The molecule has 3 amide bonds. The molecule has 0 spiro atoms. The van der Waals surface area contributed by atoms with Crippen LogP contribution in [0.25, 0.3) is 0 Å². The van der Waals surface area contributed by atoms with Crippen molar-refractivity contribution in [2.24, 2.45) is 0 Å². The van der Waals surface area contributed by atoms with Crippen molar-refractivity contribution >= 4 is 17.9 Å². The van der Waals surface area contributed by atoms with Crippen molar-refractivity contribution in [2.75, 3.05) is 13.2 Å². The average molecular weight is 438 g/mol. The van der Waals surface area contributed by atoms with Gasteiger partial charge in [-0.15, -0.1) is 0 Å². The number of carbonyl (C=O) groups excluding carboxylic acids is 3. The van der Waals surface area contributed by atoms with Gasteiger partial charge in [-0.05, 0) is 42.0 Å². The van der Waals surface area contributed by atoms with Gasteiger partial charge in [0.05, 0.1) is 12.8 Å². The maximum Gasteiger partial charge on any atom is 0.344 e. The Hall–Kier alpha value is -4.27. The van der Waals surface area contributed by atoms with Crippen molar-refractivity contribution in [3.8, 4) is 11.5 Å². The Balaban J connectivity index is 1.30. The number of carbonyl (C=O) groups is 3. The zero-order valence-corrected chi connectivity index (χ0v) is 17.1. The van der Waals surface area contributed by atoms with Crippen LogP contribution in [0.5, 0.6) is 11.5 Å². The van der Waals surface area contributed by atoms with Crippen LogP contribution in [0.1, 0.15) is 11.3 Å². The Morgan fingerprint density at radius 2 is 1.53 bits per heavy atom. The molecule has 0 unspecified atom stereocenters. The third-order valence-corrected chi connectivity index (χ3v) is 4.05. The summed E-state index contributed by atoms with van der Waals surface area (Å²) in [5.74, 6) is 0.115. The maximum atomic E-state index is 11.7. The van der Waals surface area contributed by atoms with E-state index in [2.05, 4.69) is 5.32 Å². The largest absolute Gasteiger partial charge is 0.489 e. The first-order chi connectivity index (χ1) is 15.6. The predicted octanol–water partition coefficient (Wildman–Crippen LogP) is 2.81. The van der Waals surface area contributed by atoms with Gasteiger partial charge in [0, 0.05) is 0 Å². The van der Waals surface area contributed by atoms with Gasteiger partial charge in [-0.3, -0.25) is 10.1 Å². The fraction of sp³-hybridized carbons (Fsp3) is 0.174. The molecule has 0 atom stereocenters. The molecule has 0 bridgehead atoms. The van der Waals surface area contributed by atoms with Gasteiger partial charge in [0.2, 0.25) is 0 Å². The lowest BCUT2D eigenvalue weighted by molar-refractivity contribution is -0.150. The van der Waals surface area contributed by atoms with Crippen LogP contribution in [0.4, 0.5) is 4.79 Å². The number of rotatable bonds is 10. The minimum absolute atomic E-state index is 0.121. The second kappa shape index (κ2) is 11.8. The summed E-state index contributed by atoms with van der Waals surface area (Å²) in [5, 5.41) is 4.47. The third-order valence-electron chi connectivity index (χ3n) is 4.05. The lowest BCUT2D eigenvalue weighted by Crippen LogP contribution is -2.41. The topological polar surface area (TPSA) is 116 Å². The van der Waals surface area contributed by atoms with Crippen LogP contribution in [0.3, 0.4) is 0 Å². The summed E-state index contributed by atoms with van der Waals surface area (Å²) in [5.41, 5.74) is 1.05. The fourth-order valence-electron chi connectivity index (χ4n) is 2.49. The number of amides is 3. The standard InChI is InChI=1S/C23H22N2O7/c26-21(25-23(28)24-13-20-7-4-12-29-20)15-32-22(27)16-31-19-10-8-18(9-11-19)30-14-17-5-2-1-3-6-17/h1-12H,13-16H2,(H2,24,25,26,28). The number of imide groups is 1. The van der Waals surface area contributed by atoms with E-state index in [-0.39, 0.29) is 13.2 Å². The Morgan fingerprint density at radius 1 is 0.812 bits per heavy atom. The molecule has 9 heteroatoms. The Bertz CT molecular complexity index is 1000. The van der Waals surface area contributed by atoms with Gasteiger partial charge in [-0.1, -0.05) is 30.3 Å². The Labute approximate surface area is 184 Å². The number of hydrogen-bond donors (Lipinski definition) is 2. The van der Waals surface area contributed by atoms with Crippen molar-refractivity contribution in [1.82, 2.24) is 10.6 Å². The summed E-state index contributed by atoms with van der Waals surface area (Å²) in [6.07, 6.45) is 1.47. The number of urea groups is 1. The first-order valence-corrected chi connectivity index (χ1v) is 9.74. The molecule has 2 aromatic carbocycles. The van der Waals surface area contributed by atoms with Crippen LogP contribution >= 0.6 is 0 Å². The normalized spacial score (nSPS) is 10.1. The van der Waals surface area contributed by atoms with Crippen molar-refractivity contribution < 1.29 is 33.0 Å². The summed E-state index contributed by atoms with van der Waals surface area (Å²) in [6, 6.07) is 19.1. The van der Waals surface area contributed by atoms with Crippen LogP contribution in [0, 0.1) is 0 Å². The smallest absolute Gasteiger partial charge is 0.344 e. The van der Waals surface area contributed by atoms with E-state index in [0.29, 0.717) is 23.9 Å². The first kappa shape index (κ1) is 22.4. The molecule has 2 N–H and O–H groups in total. The number of hydrogen-bond acceptors (Lipinski definition) is 7. The molecule has 0 radical (unpaired) electrons. The van der Waals surface area contributed by atoms with E-state index in [0.717, 1.165) is 5.56 Å². The van der Waals surface area contributed by atoms with E-state index in [9.17, 15) is 14.4 Å². The molecule has 32 heavy (non-hydrogen) atoms. The van der Waals surface area contributed by atoms with Crippen LogP contribution in [0.2, 0.25) is 0 Å². The Kier molecular flexibility index (Phi) is 8.26. The monoisotopic (exact) mass is 438 g/mol. The maximum absolute atomic E-state index is 11.7. The van der Waals surface area contributed by atoms with Gasteiger partial charge in [0.25, 0.3) is 5.91 Å². The van der Waals surface area contributed by atoms with Gasteiger partial charge in [0.15, 0.2) is 13.2 Å². The summed E-state index contributed by atoms with van der Waals surface area (Å²) in [7, 11) is 0. The van der Waals surface area contributed by atoms with E-state index in [1.807, 2.05) is 35.6 Å². The van der Waals surface area contributed by atoms with Crippen LogP contribution in [0.15, 0.2) is 77.4 Å². The highest BCUT2D eigenvalue weighted by molar-refractivity contribution is 5.95. The molecule has 0 aliphatic carbocycles. The van der Waals surface area contributed by atoms with Crippen molar-refractivity contribution in [3.63, 3.8) is 0 Å². The lowest BCUT2D eigenvalue weighted by Gasteiger charge is -2.09. The van der Waals surface area contributed by atoms with E-state index < -0.39 is 24.5 Å². The molecule has 0 aliphatic heterocycles. The molecular formula is C23H22N2O7. The molecule has 3 aromatic rings. The number of furan rings is 1. The molecule has 1 aromatic heterocycles. The molecule has 0 aliphatic rings. The van der Waals surface area contributed by atoms with E-state index >= 15 is 0 Å². The van der Waals surface area contributed by atoms with Crippen molar-refractivity contribution in [1.29, 1.82) is 0 Å². The molecule has 0 saturated carbocycles. The highest BCUT2D eigenvalue weighted by atomic mass is 16.6. The number of benzene rings is 2. The SMILES string of the molecule is O=C(COC(=O)COc1ccc(OCc2ccccc2)cc1)NC(=O)NCc1ccco1. The minimum Gasteiger partial charge on any atom is -0.489 e. The highest BCUT2D eigenvalue weighted by Gasteiger charge is 2.12. The molecule has 3 rings (SSSR count). The highest BCUT2D eigenvalue weighted by Crippen LogP contribution is 2.18. The van der Waals surface area contributed by atoms with Gasteiger partial charge in [-0.25, -0.2) is 9.59 Å². The van der Waals surface area contributed by atoms with Gasteiger partial charge in [-0.2, -0.15) is 0 Å². The van der Waals surface area contributed by atoms with Gasteiger partial charge < -0.3 is 23.9 Å². The molecular weight excluding hydrogens is 416 g/mol. The number of ether oxygens (including phenoxy) is 3. The van der Waals surface area contributed by atoms with Crippen LogP contribution < -0.4 is 20.1 Å². The summed E-state index contributed by atoms with van der Waals surface area (Å²) in [4.78, 5) is 35.0. The zero-order valence-electron chi connectivity index (χ0n) is 17.1. The van der Waals surface area contributed by atoms with E-state index in [4.69, 9.17) is 18.6 Å².